The smallest absolute Gasteiger partial charge is 0.0346 e. The van der Waals surface area contributed by atoms with Gasteiger partial charge in [0.05, 0.1) is 0 Å². The molecule has 2 aromatic rings. The minimum atomic E-state index is 0.426. The Hall–Kier alpha value is -0.640. The molecule has 1 saturated carbocycles. The summed E-state index contributed by atoms with van der Waals surface area (Å²) < 4.78 is 1.14. The Bertz CT molecular complexity index is 557. The largest absolute Gasteiger partial charge is 0.319 e. The lowest BCUT2D eigenvalue weighted by Crippen LogP contribution is -2.22. The van der Waals surface area contributed by atoms with Crippen molar-refractivity contribution in [3.63, 3.8) is 0 Å². The summed E-state index contributed by atoms with van der Waals surface area (Å²) in [4.78, 5) is 1.37. The van der Waals surface area contributed by atoms with Crippen LogP contribution in [0.2, 0.25) is 0 Å². The van der Waals surface area contributed by atoms with Gasteiger partial charge in [0.15, 0.2) is 0 Å². The Balaban J connectivity index is 1.90. The molecule has 1 N–H and O–H groups in total. The lowest BCUT2D eigenvalue weighted by Gasteiger charge is -2.12. The van der Waals surface area contributed by atoms with E-state index >= 15 is 0 Å². The first-order valence-corrected chi connectivity index (χ1v) is 7.90. The minimum absolute atomic E-state index is 0.426. The predicted molar refractivity (Wildman–Crippen MR) is 82.3 cm³/mol. The van der Waals surface area contributed by atoms with Crippen molar-refractivity contribution in [3.05, 3.63) is 45.7 Å². The predicted octanol–water partition coefficient (Wildman–Crippen LogP) is 4.43. The van der Waals surface area contributed by atoms with E-state index in [-0.39, 0.29) is 0 Å². The van der Waals surface area contributed by atoms with Crippen molar-refractivity contribution in [2.24, 2.45) is 0 Å². The number of nitrogens with one attached hydrogen (secondary N) is 1. The second-order valence-electron chi connectivity index (χ2n) is 5.02. The van der Waals surface area contributed by atoms with Crippen LogP contribution in [-0.2, 0) is 5.41 Å². The fourth-order valence-electron chi connectivity index (χ4n) is 2.46. The summed E-state index contributed by atoms with van der Waals surface area (Å²) in [7, 11) is 2.04. The molecule has 1 aromatic heterocycles. The van der Waals surface area contributed by atoms with E-state index < -0.39 is 0 Å². The molecule has 0 atom stereocenters. The van der Waals surface area contributed by atoms with Crippen LogP contribution in [0.25, 0.3) is 10.4 Å². The molecule has 1 aromatic carbocycles. The Morgan fingerprint density at radius 1 is 1.33 bits per heavy atom. The average Bonchev–Trinajstić information content (AvgIpc) is 2.97. The number of rotatable bonds is 4. The van der Waals surface area contributed by atoms with Crippen LogP contribution in [-0.4, -0.2) is 13.6 Å². The first kappa shape index (κ1) is 12.4. The molecule has 0 amide bonds. The van der Waals surface area contributed by atoms with Gasteiger partial charge < -0.3 is 5.32 Å². The molecule has 0 spiro atoms. The molecule has 1 aliphatic carbocycles. The van der Waals surface area contributed by atoms with Crippen LogP contribution in [0.5, 0.6) is 0 Å². The van der Waals surface area contributed by atoms with Crippen molar-refractivity contribution in [1.82, 2.24) is 5.32 Å². The average molecular weight is 322 g/mol. The van der Waals surface area contributed by atoms with E-state index in [1.54, 1.807) is 0 Å². The summed E-state index contributed by atoms with van der Waals surface area (Å²) in [6.45, 7) is 1.10. The molecule has 1 fully saturated rings. The van der Waals surface area contributed by atoms with Gasteiger partial charge in [0.2, 0.25) is 0 Å². The molecule has 3 heteroatoms. The van der Waals surface area contributed by atoms with Crippen LogP contribution in [0.3, 0.4) is 0 Å². The number of benzene rings is 1. The molecule has 1 aliphatic rings. The zero-order valence-electron chi connectivity index (χ0n) is 10.4. The van der Waals surface area contributed by atoms with Gasteiger partial charge in [-0.3, -0.25) is 0 Å². The summed E-state index contributed by atoms with van der Waals surface area (Å²) in [6, 6.07) is 10.9. The van der Waals surface area contributed by atoms with Crippen molar-refractivity contribution >= 4 is 27.3 Å². The lowest BCUT2D eigenvalue weighted by atomic mass is 9.98. The Morgan fingerprint density at radius 2 is 2.17 bits per heavy atom. The van der Waals surface area contributed by atoms with Crippen LogP contribution in [0.4, 0.5) is 0 Å². The Morgan fingerprint density at radius 3 is 2.83 bits per heavy atom. The van der Waals surface area contributed by atoms with E-state index in [1.807, 2.05) is 18.4 Å². The van der Waals surface area contributed by atoms with Gasteiger partial charge in [-0.2, -0.15) is 0 Å². The third-order valence-electron chi connectivity index (χ3n) is 3.69. The first-order chi connectivity index (χ1) is 8.73. The SMILES string of the molecule is CNCC1(c2csc(-c3cccc(Br)c3)c2)CC1. The van der Waals surface area contributed by atoms with Crippen LogP contribution >= 0.6 is 27.3 Å². The maximum absolute atomic E-state index is 3.54. The van der Waals surface area contributed by atoms with E-state index in [1.165, 1.54) is 28.8 Å². The van der Waals surface area contributed by atoms with Crippen molar-refractivity contribution in [3.8, 4) is 10.4 Å². The van der Waals surface area contributed by atoms with Crippen LogP contribution in [0, 0.1) is 0 Å². The Kier molecular flexibility index (Phi) is 3.31. The molecule has 1 heterocycles. The maximum atomic E-state index is 3.54. The topological polar surface area (TPSA) is 12.0 Å². The quantitative estimate of drug-likeness (QED) is 0.878. The molecule has 0 unspecified atom stereocenters. The second kappa shape index (κ2) is 4.80. The standard InChI is InChI=1S/C15H16BrNS/c1-17-10-15(5-6-15)12-8-14(18-9-12)11-3-2-4-13(16)7-11/h2-4,7-9,17H,5-6,10H2,1H3. The highest BCUT2D eigenvalue weighted by molar-refractivity contribution is 9.10. The lowest BCUT2D eigenvalue weighted by molar-refractivity contribution is 0.626. The molecule has 0 bridgehead atoms. The van der Waals surface area contributed by atoms with Crippen LogP contribution in [0.1, 0.15) is 18.4 Å². The summed E-state index contributed by atoms with van der Waals surface area (Å²) in [6.07, 6.45) is 2.64. The molecule has 0 radical (unpaired) electrons. The van der Waals surface area contributed by atoms with Gasteiger partial charge in [-0.25, -0.2) is 0 Å². The number of thiophene rings is 1. The van der Waals surface area contributed by atoms with Crippen LogP contribution < -0.4 is 5.32 Å². The van der Waals surface area contributed by atoms with E-state index in [9.17, 15) is 0 Å². The number of halogens is 1. The molecule has 0 aliphatic heterocycles. The molecule has 3 rings (SSSR count). The second-order valence-corrected chi connectivity index (χ2v) is 6.85. The Labute approximate surface area is 120 Å². The van der Waals surface area contributed by atoms with Gasteiger partial charge in [-0.15, -0.1) is 11.3 Å². The molecule has 0 saturated heterocycles. The molecule has 94 valence electrons. The van der Waals surface area contributed by atoms with Gasteiger partial charge in [-0.1, -0.05) is 28.1 Å². The molecule has 18 heavy (non-hydrogen) atoms. The summed E-state index contributed by atoms with van der Waals surface area (Å²) in [5.41, 5.74) is 3.24. The molecular formula is C15H16BrNS. The molecule has 1 nitrogen and oxygen atoms in total. The zero-order chi connectivity index (χ0) is 12.6. The monoisotopic (exact) mass is 321 g/mol. The van der Waals surface area contributed by atoms with Gasteiger partial charge in [-0.05, 0) is 54.6 Å². The van der Waals surface area contributed by atoms with Crippen LogP contribution in [0.15, 0.2) is 40.2 Å². The maximum Gasteiger partial charge on any atom is 0.0346 e. The highest BCUT2D eigenvalue weighted by Gasteiger charge is 2.44. The summed E-state index contributed by atoms with van der Waals surface area (Å²) in [5.74, 6) is 0. The minimum Gasteiger partial charge on any atom is -0.319 e. The van der Waals surface area contributed by atoms with Gasteiger partial charge in [0.1, 0.15) is 0 Å². The van der Waals surface area contributed by atoms with Gasteiger partial charge >= 0.3 is 0 Å². The van der Waals surface area contributed by atoms with Crippen molar-refractivity contribution < 1.29 is 0 Å². The fourth-order valence-corrected chi connectivity index (χ4v) is 3.89. The highest BCUT2D eigenvalue weighted by atomic mass is 79.9. The van der Waals surface area contributed by atoms with E-state index in [0.717, 1.165) is 11.0 Å². The van der Waals surface area contributed by atoms with E-state index in [4.69, 9.17) is 0 Å². The van der Waals surface area contributed by atoms with E-state index in [2.05, 4.69) is 57.0 Å². The van der Waals surface area contributed by atoms with Gasteiger partial charge in [0, 0.05) is 21.3 Å². The van der Waals surface area contributed by atoms with Crippen molar-refractivity contribution in [2.75, 3.05) is 13.6 Å². The first-order valence-electron chi connectivity index (χ1n) is 6.23. The van der Waals surface area contributed by atoms with Gasteiger partial charge in [0.25, 0.3) is 0 Å². The molecular weight excluding hydrogens is 306 g/mol. The third-order valence-corrected chi connectivity index (χ3v) is 5.16. The zero-order valence-corrected chi connectivity index (χ0v) is 12.8. The van der Waals surface area contributed by atoms with Crippen molar-refractivity contribution in [1.29, 1.82) is 0 Å². The number of hydrogen-bond donors (Lipinski definition) is 1. The number of likely N-dealkylation sites (N-methyl/N-ethyl adjacent to an activating group) is 1. The summed E-state index contributed by atoms with van der Waals surface area (Å²) >= 11 is 5.39. The number of hydrogen-bond acceptors (Lipinski definition) is 2. The third kappa shape index (κ3) is 2.27. The fraction of sp³-hybridized carbons (Fsp3) is 0.333. The van der Waals surface area contributed by atoms with E-state index in [0.29, 0.717) is 5.41 Å². The summed E-state index contributed by atoms with van der Waals surface area (Å²) in [5, 5.41) is 5.66. The van der Waals surface area contributed by atoms with Crippen molar-refractivity contribution in [2.45, 2.75) is 18.3 Å². The normalized spacial score (nSPS) is 16.8. The highest BCUT2D eigenvalue weighted by Crippen LogP contribution is 2.49.